The van der Waals surface area contributed by atoms with Crippen LogP contribution in [0.1, 0.15) is 22.8 Å². The van der Waals surface area contributed by atoms with Crippen molar-refractivity contribution >= 4 is 35.0 Å². The Balaban J connectivity index is 1.52. The van der Waals surface area contributed by atoms with E-state index in [-0.39, 0.29) is 5.56 Å². The standard InChI is InChI=1S/C24H23N3O4/c1-16-7-6-10-21(15-16)25-22(28)17(2)31-23(29)18-11-13-20(14-12-18)27-24(30)26-19-8-4-3-5-9-19/h3-15,17H,1-2H3,(H,25,28)(H2,26,27,30). The van der Waals surface area contributed by atoms with Crippen LogP contribution in [0.4, 0.5) is 21.9 Å². The van der Waals surface area contributed by atoms with Gasteiger partial charge >= 0.3 is 12.0 Å². The van der Waals surface area contributed by atoms with Gasteiger partial charge in [-0.25, -0.2) is 9.59 Å². The van der Waals surface area contributed by atoms with E-state index in [0.717, 1.165) is 5.56 Å². The summed E-state index contributed by atoms with van der Waals surface area (Å²) in [6, 6.07) is 22.2. The Labute approximate surface area is 180 Å². The molecule has 0 aliphatic heterocycles. The fraction of sp³-hybridized carbons (Fsp3) is 0.125. The molecule has 3 N–H and O–H groups in total. The third-order valence-electron chi connectivity index (χ3n) is 4.35. The van der Waals surface area contributed by atoms with E-state index in [9.17, 15) is 14.4 Å². The highest BCUT2D eigenvalue weighted by Crippen LogP contribution is 2.14. The van der Waals surface area contributed by atoms with Crippen LogP contribution in [0.25, 0.3) is 0 Å². The zero-order valence-electron chi connectivity index (χ0n) is 17.2. The lowest BCUT2D eigenvalue weighted by molar-refractivity contribution is -0.123. The number of anilines is 3. The van der Waals surface area contributed by atoms with E-state index in [1.165, 1.54) is 19.1 Å². The molecule has 0 aliphatic carbocycles. The van der Waals surface area contributed by atoms with Gasteiger partial charge in [0.05, 0.1) is 5.56 Å². The van der Waals surface area contributed by atoms with E-state index in [0.29, 0.717) is 17.1 Å². The number of benzene rings is 3. The minimum absolute atomic E-state index is 0.268. The first-order valence-electron chi connectivity index (χ1n) is 9.72. The third kappa shape index (κ3) is 6.43. The van der Waals surface area contributed by atoms with Gasteiger partial charge in [0.15, 0.2) is 6.10 Å². The van der Waals surface area contributed by atoms with Crippen molar-refractivity contribution in [1.82, 2.24) is 0 Å². The highest BCUT2D eigenvalue weighted by atomic mass is 16.5. The summed E-state index contributed by atoms with van der Waals surface area (Å²) in [6.07, 6.45) is -0.970. The first kappa shape index (κ1) is 21.6. The third-order valence-corrected chi connectivity index (χ3v) is 4.35. The zero-order chi connectivity index (χ0) is 22.2. The van der Waals surface area contributed by atoms with Gasteiger partial charge in [-0.05, 0) is 67.9 Å². The van der Waals surface area contributed by atoms with Crippen molar-refractivity contribution in [2.45, 2.75) is 20.0 Å². The number of carbonyl (C=O) groups excluding carboxylic acids is 3. The summed E-state index contributed by atoms with van der Waals surface area (Å²) in [4.78, 5) is 36.6. The number of hydrogen-bond acceptors (Lipinski definition) is 4. The minimum atomic E-state index is -0.970. The van der Waals surface area contributed by atoms with Crippen molar-refractivity contribution in [3.63, 3.8) is 0 Å². The van der Waals surface area contributed by atoms with Crippen LogP contribution in [0.2, 0.25) is 0 Å². The molecule has 0 spiro atoms. The Morgan fingerprint density at radius 1 is 0.742 bits per heavy atom. The van der Waals surface area contributed by atoms with Gasteiger partial charge in [0, 0.05) is 17.1 Å². The van der Waals surface area contributed by atoms with Crippen LogP contribution in [-0.2, 0) is 9.53 Å². The average Bonchev–Trinajstić information content (AvgIpc) is 2.74. The van der Waals surface area contributed by atoms with Crippen LogP contribution in [0.3, 0.4) is 0 Å². The second kappa shape index (κ2) is 10.1. The van der Waals surface area contributed by atoms with Crippen LogP contribution in [0.5, 0.6) is 0 Å². The summed E-state index contributed by atoms with van der Waals surface area (Å²) in [7, 11) is 0. The fourth-order valence-electron chi connectivity index (χ4n) is 2.75. The smallest absolute Gasteiger partial charge is 0.338 e. The van der Waals surface area contributed by atoms with Crippen molar-refractivity contribution in [3.8, 4) is 0 Å². The number of nitrogens with one attached hydrogen (secondary N) is 3. The van der Waals surface area contributed by atoms with Crippen LogP contribution < -0.4 is 16.0 Å². The maximum Gasteiger partial charge on any atom is 0.338 e. The molecule has 31 heavy (non-hydrogen) atoms. The number of urea groups is 1. The van der Waals surface area contributed by atoms with Gasteiger partial charge < -0.3 is 20.7 Å². The predicted octanol–water partition coefficient (Wildman–Crippen LogP) is 4.82. The molecule has 0 saturated carbocycles. The Bertz CT molecular complexity index is 1070. The molecule has 1 unspecified atom stereocenters. The Hall–Kier alpha value is -4.13. The molecule has 3 aromatic rings. The molecule has 0 saturated heterocycles. The number of carbonyl (C=O) groups is 3. The van der Waals surface area contributed by atoms with Crippen LogP contribution in [0.15, 0.2) is 78.9 Å². The number of hydrogen-bond donors (Lipinski definition) is 3. The van der Waals surface area contributed by atoms with Gasteiger partial charge in [-0.15, -0.1) is 0 Å². The highest BCUT2D eigenvalue weighted by Gasteiger charge is 2.19. The summed E-state index contributed by atoms with van der Waals surface area (Å²) >= 11 is 0. The van der Waals surface area contributed by atoms with Gasteiger partial charge in [-0.2, -0.15) is 0 Å². The molecule has 0 aliphatic rings. The van der Waals surface area contributed by atoms with Gasteiger partial charge in [0.2, 0.25) is 0 Å². The second-order valence-corrected chi connectivity index (χ2v) is 6.93. The van der Waals surface area contributed by atoms with E-state index < -0.39 is 24.0 Å². The van der Waals surface area contributed by atoms with Gasteiger partial charge in [-0.1, -0.05) is 30.3 Å². The highest BCUT2D eigenvalue weighted by molar-refractivity contribution is 6.00. The minimum Gasteiger partial charge on any atom is -0.449 e. The van der Waals surface area contributed by atoms with Gasteiger partial charge in [0.25, 0.3) is 5.91 Å². The molecular weight excluding hydrogens is 394 g/mol. The summed E-state index contributed by atoms with van der Waals surface area (Å²) in [6.45, 7) is 3.43. The van der Waals surface area contributed by atoms with Crippen molar-refractivity contribution in [2.24, 2.45) is 0 Å². The lowest BCUT2D eigenvalue weighted by atomic mass is 10.2. The zero-order valence-corrected chi connectivity index (χ0v) is 17.2. The number of para-hydroxylation sites is 1. The second-order valence-electron chi connectivity index (χ2n) is 6.93. The quantitative estimate of drug-likeness (QED) is 0.501. The molecule has 158 valence electrons. The van der Waals surface area contributed by atoms with Crippen LogP contribution >= 0.6 is 0 Å². The fourth-order valence-corrected chi connectivity index (χ4v) is 2.75. The largest absolute Gasteiger partial charge is 0.449 e. The first-order valence-corrected chi connectivity index (χ1v) is 9.72. The van der Waals surface area contributed by atoms with E-state index >= 15 is 0 Å². The number of rotatable bonds is 6. The first-order chi connectivity index (χ1) is 14.9. The number of ether oxygens (including phenoxy) is 1. The molecule has 0 fully saturated rings. The maximum atomic E-state index is 12.3. The predicted molar refractivity (Wildman–Crippen MR) is 120 cm³/mol. The van der Waals surface area contributed by atoms with E-state index in [1.807, 2.05) is 43.3 Å². The molecule has 3 amide bonds. The molecule has 3 rings (SSSR count). The summed E-state index contributed by atoms with van der Waals surface area (Å²) in [5, 5.41) is 8.10. The molecule has 0 bridgehead atoms. The molecule has 7 nitrogen and oxygen atoms in total. The summed E-state index contributed by atoms with van der Waals surface area (Å²) in [5.74, 6) is -1.05. The maximum absolute atomic E-state index is 12.3. The average molecular weight is 417 g/mol. The Kier molecular flexibility index (Phi) is 7.01. The number of amides is 3. The van der Waals surface area contributed by atoms with Crippen molar-refractivity contribution in [3.05, 3.63) is 90.0 Å². The Morgan fingerprint density at radius 2 is 1.35 bits per heavy atom. The molecule has 0 aromatic heterocycles. The van der Waals surface area contributed by atoms with Crippen LogP contribution in [0, 0.1) is 6.92 Å². The number of esters is 1. The topological polar surface area (TPSA) is 96.5 Å². The SMILES string of the molecule is Cc1cccc(NC(=O)C(C)OC(=O)c2ccc(NC(=O)Nc3ccccc3)cc2)c1. The van der Waals surface area contributed by atoms with Crippen molar-refractivity contribution in [1.29, 1.82) is 0 Å². The lowest BCUT2D eigenvalue weighted by Crippen LogP contribution is -2.30. The van der Waals surface area contributed by atoms with Crippen LogP contribution in [-0.4, -0.2) is 24.0 Å². The molecule has 3 aromatic carbocycles. The van der Waals surface area contributed by atoms with E-state index in [2.05, 4.69) is 16.0 Å². The molecule has 0 heterocycles. The van der Waals surface area contributed by atoms with Gasteiger partial charge in [-0.3, -0.25) is 4.79 Å². The molecule has 0 radical (unpaired) electrons. The van der Waals surface area contributed by atoms with E-state index in [4.69, 9.17) is 4.74 Å². The summed E-state index contributed by atoms with van der Waals surface area (Å²) < 4.78 is 5.25. The van der Waals surface area contributed by atoms with Crippen molar-refractivity contribution < 1.29 is 19.1 Å². The molecular formula is C24H23N3O4. The molecule has 7 heteroatoms. The molecule has 1 atom stereocenters. The lowest BCUT2D eigenvalue weighted by Gasteiger charge is -2.14. The Morgan fingerprint density at radius 3 is 2.00 bits per heavy atom. The number of aryl methyl sites for hydroxylation is 1. The van der Waals surface area contributed by atoms with E-state index in [1.54, 1.807) is 30.3 Å². The normalized spacial score (nSPS) is 11.2. The monoisotopic (exact) mass is 417 g/mol. The van der Waals surface area contributed by atoms with Crippen molar-refractivity contribution in [2.75, 3.05) is 16.0 Å². The van der Waals surface area contributed by atoms with Gasteiger partial charge in [0.1, 0.15) is 0 Å². The summed E-state index contributed by atoms with van der Waals surface area (Å²) in [5.41, 5.74) is 3.09.